The van der Waals surface area contributed by atoms with E-state index in [2.05, 4.69) is 23.3 Å². The summed E-state index contributed by atoms with van der Waals surface area (Å²) in [4.78, 5) is 29.5. The lowest BCUT2D eigenvalue weighted by Gasteiger charge is -2.16. The number of hydrogen-bond acceptors (Lipinski definition) is 3. The number of likely N-dealkylation sites (tertiary alicyclic amines) is 1. The summed E-state index contributed by atoms with van der Waals surface area (Å²) in [5.74, 6) is -1.01. The van der Waals surface area contributed by atoms with Crippen molar-refractivity contribution in [1.82, 2.24) is 15.2 Å². The number of fused-ring (bicyclic) bond motifs is 1. The Labute approximate surface area is 146 Å². The molecule has 0 saturated carbocycles. The highest BCUT2D eigenvalue weighted by Gasteiger charge is 2.29. The van der Waals surface area contributed by atoms with E-state index in [1.807, 2.05) is 24.3 Å². The Bertz CT molecular complexity index is 849. The van der Waals surface area contributed by atoms with E-state index in [0.29, 0.717) is 25.2 Å². The van der Waals surface area contributed by atoms with E-state index >= 15 is 0 Å². The standard InChI is InChI=1S/C19H22N4O2/c1-3-13-5-4-6-16-15(13)9-17(22-16)19(25)23-8-7-14(11-23)21-18(24)12(2)10-20/h4-6,9,12,14,22H,3,7-8,11H2,1-2H3,(H,21,24). The summed E-state index contributed by atoms with van der Waals surface area (Å²) in [6, 6.07) is 9.78. The summed E-state index contributed by atoms with van der Waals surface area (Å²) in [7, 11) is 0. The van der Waals surface area contributed by atoms with Crippen LogP contribution in [0.2, 0.25) is 0 Å². The molecule has 1 saturated heterocycles. The van der Waals surface area contributed by atoms with Gasteiger partial charge in [0.05, 0.1) is 6.07 Å². The third-order valence-electron chi connectivity index (χ3n) is 4.77. The van der Waals surface area contributed by atoms with Crippen LogP contribution < -0.4 is 5.32 Å². The Balaban J connectivity index is 1.70. The predicted octanol–water partition coefficient (Wildman–Crippen LogP) is 2.22. The molecule has 2 amide bonds. The van der Waals surface area contributed by atoms with Crippen molar-refractivity contribution in [1.29, 1.82) is 5.26 Å². The molecule has 0 aliphatic carbocycles. The first-order valence-electron chi connectivity index (χ1n) is 8.63. The van der Waals surface area contributed by atoms with Crippen LogP contribution in [-0.2, 0) is 11.2 Å². The molecule has 2 aromatic rings. The molecule has 6 nitrogen and oxygen atoms in total. The van der Waals surface area contributed by atoms with E-state index in [1.54, 1.807) is 11.8 Å². The van der Waals surface area contributed by atoms with Gasteiger partial charge in [0.1, 0.15) is 11.6 Å². The van der Waals surface area contributed by atoms with Crippen LogP contribution in [0.5, 0.6) is 0 Å². The number of nitrogens with one attached hydrogen (secondary N) is 2. The van der Waals surface area contributed by atoms with Gasteiger partial charge in [0.15, 0.2) is 0 Å². The number of amides is 2. The predicted molar refractivity (Wildman–Crippen MR) is 94.9 cm³/mol. The fourth-order valence-corrected chi connectivity index (χ4v) is 3.26. The molecule has 3 rings (SSSR count). The molecule has 1 aliphatic heterocycles. The van der Waals surface area contributed by atoms with Gasteiger partial charge in [0.25, 0.3) is 5.91 Å². The van der Waals surface area contributed by atoms with Gasteiger partial charge < -0.3 is 15.2 Å². The summed E-state index contributed by atoms with van der Waals surface area (Å²) >= 11 is 0. The molecular formula is C19H22N4O2. The molecule has 0 radical (unpaired) electrons. The van der Waals surface area contributed by atoms with E-state index in [9.17, 15) is 9.59 Å². The first-order chi connectivity index (χ1) is 12.0. The van der Waals surface area contributed by atoms with Crippen molar-refractivity contribution in [3.8, 4) is 6.07 Å². The van der Waals surface area contributed by atoms with Crippen molar-refractivity contribution in [2.24, 2.45) is 5.92 Å². The van der Waals surface area contributed by atoms with Crippen LogP contribution in [0.15, 0.2) is 24.3 Å². The second kappa shape index (κ2) is 6.98. The quantitative estimate of drug-likeness (QED) is 0.896. The fraction of sp³-hybridized carbons (Fsp3) is 0.421. The van der Waals surface area contributed by atoms with Crippen LogP contribution in [0.4, 0.5) is 0 Å². The molecule has 2 N–H and O–H groups in total. The molecular weight excluding hydrogens is 316 g/mol. The molecule has 2 unspecified atom stereocenters. The van der Waals surface area contributed by atoms with Crippen LogP contribution in [-0.4, -0.2) is 40.8 Å². The van der Waals surface area contributed by atoms with E-state index in [4.69, 9.17) is 5.26 Å². The first-order valence-corrected chi connectivity index (χ1v) is 8.63. The van der Waals surface area contributed by atoms with Crippen molar-refractivity contribution in [2.75, 3.05) is 13.1 Å². The molecule has 1 aliphatic rings. The first kappa shape index (κ1) is 17.0. The topological polar surface area (TPSA) is 89.0 Å². The molecule has 0 bridgehead atoms. The highest BCUT2D eigenvalue weighted by Crippen LogP contribution is 2.22. The second-order valence-corrected chi connectivity index (χ2v) is 6.51. The summed E-state index contributed by atoms with van der Waals surface area (Å²) in [6.07, 6.45) is 1.62. The van der Waals surface area contributed by atoms with Crippen LogP contribution >= 0.6 is 0 Å². The number of benzene rings is 1. The molecule has 1 aromatic heterocycles. The minimum Gasteiger partial charge on any atom is -0.351 e. The maximum absolute atomic E-state index is 12.8. The van der Waals surface area contributed by atoms with Crippen molar-refractivity contribution >= 4 is 22.7 Å². The number of H-pyrrole nitrogens is 1. The molecule has 6 heteroatoms. The number of carbonyl (C=O) groups excluding carboxylic acids is 2. The summed E-state index contributed by atoms with van der Waals surface area (Å²) < 4.78 is 0. The SMILES string of the molecule is CCc1cccc2[nH]c(C(=O)N3CCC(NC(=O)C(C)C#N)C3)cc12. The van der Waals surface area contributed by atoms with E-state index in [1.165, 1.54) is 5.56 Å². The smallest absolute Gasteiger partial charge is 0.270 e. The van der Waals surface area contributed by atoms with Gasteiger partial charge in [-0.3, -0.25) is 9.59 Å². The third kappa shape index (κ3) is 3.36. The molecule has 2 atom stereocenters. The lowest BCUT2D eigenvalue weighted by molar-refractivity contribution is -0.123. The number of rotatable bonds is 4. The summed E-state index contributed by atoms with van der Waals surface area (Å²) in [6.45, 7) is 4.74. The number of aryl methyl sites for hydroxylation is 1. The van der Waals surface area contributed by atoms with Crippen molar-refractivity contribution in [2.45, 2.75) is 32.7 Å². The lowest BCUT2D eigenvalue weighted by Crippen LogP contribution is -2.40. The number of nitriles is 1. The second-order valence-electron chi connectivity index (χ2n) is 6.51. The molecule has 0 spiro atoms. The fourth-order valence-electron chi connectivity index (χ4n) is 3.26. The van der Waals surface area contributed by atoms with Crippen molar-refractivity contribution in [3.05, 3.63) is 35.5 Å². The Morgan fingerprint density at radius 1 is 1.48 bits per heavy atom. The van der Waals surface area contributed by atoms with Crippen LogP contribution in [0, 0.1) is 17.2 Å². The highest BCUT2D eigenvalue weighted by atomic mass is 16.2. The minimum absolute atomic E-state index is 0.0525. The third-order valence-corrected chi connectivity index (χ3v) is 4.77. The zero-order valence-corrected chi connectivity index (χ0v) is 14.5. The van der Waals surface area contributed by atoms with Gasteiger partial charge in [0.2, 0.25) is 5.91 Å². The highest BCUT2D eigenvalue weighted by molar-refractivity contribution is 5.99. The van der Waals surface area contributed by atoms with Gasteiger partial charge in [-0.2, -0.15) is 5.26 Å². The Hall–Kier alpha value is -2.81. The van der Waals surface area contributed by atoms with Crippen LogP contribution in [0.1, 0.15) is 36.3 Å². The number of hydrogen-bond donors (Lipinski definition) is 2. The zero-order valence-electron chi connectivity index (χ0n) is 14.5. The average Bonchev–Trinajstić information content (AvgIpc) is 3.26. The van der Waals surface area contributed by atoms with Gasteiger partial charge in [-0.25, -0.2) is 0 Å². The number of aromatic amines is 1. The maximum atomic E-state index is 12.8. The normalized spacial score (nSPS) is 18.1. The average molecular weight is 338 g/mol. The Morgan fingerprint density at radius 2 is 2.28 bits per heavy atom. The molecule has 25 heavy (non-hydrogen) atoms. The van der Waals surface area contributed by atoms with E-state index in [0.717, 1.165) is 17.3 Å². The van der Waals surface area contributed by atoms with Gasteiger partial charge in [0, 0.05) is 30.0 Å². The minimum atomic E-state index is -0.675. The van der Waals surface area contributed by atoms with Crippen LogP contribution in [0.25, 0.3) is 10.9 Å². The Morgan fingerprint density at radius 3 is 3.00 bits per heavy atom. The summed E-state index contributed by atoms with van der Waals surface area (Å²) in [5.41, 5.74) is 2.76. The van der Waals surface area contributed by atoms with Crippen molar-refractivity contribution < 1.29 is 9.59 Å². The molecule has 1 fully saturated rings. The molecule has 1 aromatic carbocycles. The Kier molecular flexibility index (Phi) is 4.75. The summed E-state index contributed by atoms with van der Waals surface area (Å²) in [5, 5.41) is 12.7. The number of aromatic nitrogens is 1. The van der Waals surface area contributed by atoms with E-state index in [-0.39, 0.29) is 17.9 Å². The number of carbonyl (C=O) groups is 2. The molecule has 2 heterocycles. The van der Waals surface area contributed by atoms with Crippen LogP contribution in [0.3, 0.4) is 0 Å². The van der Waals surface area contributed by atoms with Gasteiger partial charge in [-0.15, -0.1) is 0 Å². The maximum Gasteiger partial charge on any atom is 0.270 e. The monoisotopic (exact) mass is 338 g/mol. The van der Waals surface area contributed by atoms with Gasteiger partial charge in [-0.1, -0.05) is 19.1 Å². The number of nitrogens with zero attached hydrogens (tertiary/aromatic N) is 2. The van der Waals surface area contributed by atoms with Gasteiger partial charge in [-0.05, 0) is 37.5 Å². The zero-order chi connectivity index (χ0) is 18.0. The largest absolute Gasteiger partial charge is 0.351 e. The lowest BCUT2D eigenvalue weighted by atomic mass is 10.1. The van der Waals surface area contributed by atoms with Crippen molar-refractivity contribution in [3.63, 3.8) is 0 Å². The molecule has 130 valence electrons. The van der Waals surface area contributed by atoms with Gasteiger partial charge >= 0.3 is 0 Å². The van der Waals surface area contributed by atoms with E-state index < -0.39 is 5.92 Å².